The summed E-state index contributed by atoms with van der Waals surface area (Å²) in [6.45, 7) is 0.191. The first kappa shape index (κ1) is 14.4. The number of aliphatic hydroxyl groups excluding tert-OH is 1. The molecule has 0 aliphatic rings. The van der Waals surface area contributed by atoms with Crippen LogP contribution < -0.4 is 5.56 Å². The number of fused-ring (bicyclic) bond motifs is 1. The molecule has 3 rings (SSSR count). The molecule has 0 bridgehead atoms. The highest BCUT2D eigenvalue weighted by atomic mass is 16.3. The third kappa shape index (κ3) is 3.20. The summed E-state index contributed by atoms with van der Waals surface area (Å²) >= 11 is 0. The van der Waals surface area contributed by atoms with E-state index in [4.69, 9.17) is 0 Å². The normalized spacial score (nSPS) is 12.4. The highest BCUT2D eigenvalue weighted by Gasteiger charge is 2.10. The molecule has 5 heteroatoms. The van der Waals surface area contributed by atoms with Crippen LogP contribution >= 0.6 is 0 Å². The Morgan fingerprint density at radius 1 is 1.14 bits per heavy atom. The van der Waals surface area contributed by atoms with Crippen molar-refractivity contribution in [3.63, 3.8) is 0 Å². The summed E-state index contributed by atoms with van der Waals surface area (Å²) < 4.78 is 1.31. The predicted octanol–water partition coefficient (Wildman–Crippen LogP) is 1.79. The minimum Gasteiger partial charge on any atom is -0.391 e. The van der Waals surface area contributed by atoms with E-state index in [-0.39, 0.29) is 12.1 Å². The number of pyridine rings is 1. The minimum absolute atomic E-state index is 0.191. The van der Waals surface area contributed by atoms with Crippen molar-refractivity contribution in [2.45, 2.75) is 25.5 Å². The van der Waals surface area contributed by atoms with Gasteiger partial charge in [-0.25, -0.2) is 4.68 Å². The molecule has 112 valence electrons. The van der Waals surface area contributed by atoms with Crippen LogP contribution in [0.3, 0.4) is 0 Å². The molecule has 0 saturated heterocycles. The Kier molecular flexibility index (Phi) is 4.25. The number of rotatable bonds is 5. The van der Waals surface area contributed by atoms with E-state index >= 15 is 0 Å². The van der Waals surface area contributed by atoms with E-state index in [0.717, 1.165) is 6.42 Å². The molecule has 5 nitrogen and oxygen atoms in total. The molecular weight excluding hydrogens is 278 g/mol. The maximum absolute atomic E-state index is 12.3. The molecule has 1 aromatic carbocycles. The van der Waals surface area contributed by atoms with Crippen molar-refractivity contribution in [2.24, 2.45) is 0 Å². The van der Waals surface area contributed by atoms with E-state index in [1.165, 1.54) is 10.2 Å². The summed E-state index contributed by atoms with van der Waals surface area (Å²) in [5.74, 6) is 0. The number of aryl methyl sites for hydroxylation is 1. The fourth-order valence-corrected chi connectivity index (χ4v) is 2.42. The zero-order valence-electron chi connectivity index (χ0n) is 12.1. The standard InChI is InChI=1S/C17H17N3O2/c21-14(9-8-13-5-2-1-3-6-13)12-20-17(22)15-7-4-10-18-16(15)11-19-20/h1-7,10-11,14,21H,8-9,12H2/t14-/m1/s1. The Morgan fingerprint density at radius 2 is 1.95 bits per heavy atom. The van der Waals surface area contributed by atoms with Gasteiger partial charge in [-0.1, -0.05) is 30.3 Å². The van der Waals surface area contributed by atoms with Crippen LogP contribution in [0.5, 0.6) is 0 Å². The average molecular weight is 295 g/mol. The maximum Gasteiger partial charge on any atom is 0.276 e. The molecular formula is C17H17N3O2. The molecule has 0 aliphatic carbocycles. The van der Waals surface area contributed by atoms with Gasteiger partial charge in [-0.3, -0.25) is 9.78 Å². The fraction of sp³-hybridized carbons (Fsp3) is 0.235. The van der Waals surface area contributed by atoms with E-state index in [1.54, 1.807) is 24.5 Å². The lowest BCUT2D eigenvalue weighted by atomic mass is 10.1. The monoisotopic (exact) mass is 295 g/mol. The van der Waals surface area contributed by atoms with Crippen LogP contribution in [0.2, 0.25) is 0 Å². The molecule has 2 heterocycles. The van der Waals surface area contributed by atoms with Crippen molar-refractivity contribution in [1.29, 1.82) is 0 Å². The Balaban J connectivity index is 1.70. The second kappa shape index (κ2) is 6.49. The molecule has 0 aliphatic heterocycles. The Hall–Kier alpha value is -2.53. The lowest BCUT2D eigenvalue weighted by Gasteiger charge is -2.12. The van der Waals surface area contributed by atoms with Crippen molar-refractivity contribution in [3.8, 4) is 0 Å². The SMILES string of the molecule is O=c1c2cccnc2cnn1C[C@H](O)CCc1ccccc1. The predicted molar refractivity (Wildman–Crippen MR) is 84.6 cm³/mol. The summed E-state index contributed by atoms with van der Waals surface area (Å²) in [6, 6.07) is 13.4. The summed E-state index contributed by atoms with van der Waals surface area (Å²) in [7, 11) is 0. The van der Waals surface area contributed by atoms with Gasteiger partial charge < -0.3 is 5.11 Å². The maximum atomic E-state index is 12.3. The van der Waals surface area contributed by atoms with Crippen LogP contribution in [0.4, 0.5) is 0 Å². The smallest absolute Gasteiger partial charge is 0.276 e. The number of hydrogen-bond acceptors (Lipinski definition) is 4. The molecule has 0 unspecified atom stereocenters. The second-order valence-electron chi connectivity index (χ2n) is 5.25. The third-order valence-corrected chi connectivity index (χ3v) is 3.62. The van der Waals surface area contributed by atoms with Crippen LogP contribution in [-0.4, -0.2) is 26.0 Å². The second-order valence-corrected chi connectivity index (χ2v) is 5.25. The van der Waals surface area contributed by atoms with Crippen LogP contribution in [0.15, 0.2) is 59.7 Å². The van der Waals surface area contributed by atoms with Gasteiger partial charge in [0.15, 0.2) is 0 Å². The Labute approximate surface area is 127 Å². The Bertz CT molecular complexity index is 815. The number of aliphatic hydroxyl groups is 1. The van der Waals surface area contributed by atoms with Crippen LogP contribution in [0, 0.1) is 0 Å². The molecule has 0 spiro atoms. The van der Waals surface area contributed by atoms with Crippen molar-refractivity contribution >= 4 is 10.9 Å². The molecule has 22 heavy (non-hydrogen) atoms. The fourth-order valence-electron chi connectivity index (χ4n) is 2.42. The van der Waals surface area contributed by atoms with Gasteiger partial charge in [0, 0.05) is 6.20 Å². The molecule has 2 aromatic heterocycles. The summed E-state index contributed by atoms with van der Waals surface area (Å²) in [5, 5.41) is 14.7. The highest BCUT2D eigenvalue weighted by molar-refractivity contribution is 5.75. The van der Waals surface area contributed by atoms with Gasteiger partial charge in [0.2, 0.25) is 0 Å². The van der Waals surface area contributed by atoms with Gasteiger partial charge in [0.05, 0.1) is 29.7 Å². The molecule has 0 fully saturated rings. The van der Waals surface area contributed by atoms with Crippen LogP contribution in [0.1, 0.15) is 12.0 Å². The first-order chi connectivity index (χ1) is 10.7. The number of hydrogen-bond donors (Lipinski definition) is 1. The Morgan fingerprint density at radius 3 is 2.77 bits per heavy atom. The van der Waals surface area contributed by atoms with E-state index in [1.807, 2.05) is 30.3 Å². The zero-order valence-corrected chi connectivity index (χ0v) is 12.1. The van der Waals surface area contributed by atoms with Crippen molar-refractivity contribution < 1.29 is 5.11 Å². The lowest BCUT2D eigenvalue weighted by molar-refractivity contribution is 0.138. The van der Waals surface area contributed by atoms with Crippen LogP contribution in [0.25, 0.3) is 10.9 Å². The molecule has 0 radical (unpaired) electrons. The summed E-state index contributed by atoms with van der Waals surface area (Å²) in [4.78, 5) is 16.4. The first-order valence-electron chi connectivity index (χ1n) is 7.27. The van der Waals surface area contributed by atoms with Gasteiger partial charge in [-0.2, -0.15) is 5.10 Å². The van der Waals surface area contributed by atoms with Gasteiger partial charge in [0.1, 0.15) is 0 Å². The molecule has 1 N–H and O–H groups in total. The van der Waals surface area contributed by atoms with Crippen molar-refractivity contribution in [2.75, 3.05) is 0 Å². The van der Waals surface area contributed by atoms with Crippen molar-refractivity contribution in [1.82, 2.24) is 14.8 Å². The quantitative estimate of drug-likeness (QED) is 0.779. The van der Waals surface area contributed by atoms with E-state index in [9.17, 15) is 9.90 Å². The average Bonchev–Trinajstić information content (AvgIpc) is 2.57. The van der Waals surface area contributed by atoms with Gasteiger partial charge in [-0.15, -0.1) is 0 Å². The molecule has 3 aromatic rings. The summed E-state index contributed by atoms with van der Waals surface area (Å²) in [6.07, 6.45) is 3.93. The van der Waals surface area contributed by atoms with Gasteiger partial charge in [0.25, 0.3) is 5.56 Å². The van der Waals surface area contributed by atoms with Crippen LogP contribution in [-0.2, 0) is 13.0 Å². The third-order valence-electron chi connectivity index (χ3n) is 3.62. The summed E-state index contributed by atoms with van der Waals surface area (Å²) in [5.41, 5.74) is 1.52. The molecule has 0 amide bonds. The zero-order chi connectivity index (χ0) is 15.4. The highest BCUT2D eigenvalue weighted by Crippen LogP contribution is 2.07. The number of aromatic nitrogens is 3. The first-order valence-corrected chi connectivity index (χ1v) is 7.27. The van der Waals surface area contributed by atoms with Gasteiger partial charge in [-0.05, 0) is 30.5 Å². The lowest BCUT2D eigenvalue weighted by Crippen LogP contribution is -2.29. The van der Waals surface area contributed by atoms with Gasteiger partial charge >= 0.3 is 0 Å². The number of nitrogens with zero attached hydrogens (tertiary/aromatic N) is 3. The molecule has 0 saturated carbocycles. The van der Waals surface area contributed by atoms with E-state index < -0.39 is 6.10 Å². The molecule has 1 atom stereocenters. The van der Waals surface area contributed by atoms with E-state index in [2.05, 4.69) is 10.1 Å². The van der Waals surface area contributed by atoms with Crippen molar-refractivity contribution in [3.05, 3.63) is 70.8 Å². The van der Waals surface area contributed by atoms with E-state index in [0.29, 0.717) is 17.3 Å². The topological polar surface area (TPSA) is 68.0 Å². The minimum atomic E-state index is -0.612. The number of benzene rings is 1. The largest absolute Gasteiger partial charge is 0.391 e.